The van der Waals surface area contributed by atoms with Crippen LogP contribution in [0.1, 0.15) is 18.2 Å². The van der Waals surface area contributed by atoms with Crippen LogP contribution in [0.15, 0.2) is 6.20 Å². The van der Waals surface area contributed by atoms with E-state index in [0.29, 0.717) is 6.04 Å². The number of aromatic nitrogens is 2. The first-order valence-electron chi connectivity index (χ1n) is 4.16. The fraction of sp³-hybridized carbons (Fsp3) is 0.625. The zero-order chi connectivity index (χ0) is 8.55. The van der Waals surface area contributed by atoms with Crippen molar-refractivity contribution < 1.29 is 0 Å². The smallest absolute Gasteiger partial charge is 0.0730 e. The number of hydrogen-bond donors (Lipinski definition) is 1. The summed E-state index contributed by atoms with van der Waals surface area (Å²) < 4.78 is 2.06. The highest BCUT2D eigenvalue weighted by Gasteiger charge is 2.19. The molecule has 0 bridgehead atoms. The van der Waals surface area contributed by atoms with Gasteiger partial charge in [-0.3, -0.25) is 4.68 Å². The van der Waals surface area contributed by atoms with E-state index in [1.165, 1.54) is 17.9 Å². The summed E-state index contributed by atoms with van der Waals surface area (Å²) in [6.45, 7) is 2.03. The molecule has 66 valence electrons. The zero-order valence-corrected chi connectivity index (χ0v) is 7.97. The van der Waals surface area contributed by atoms with Crippen molar-refractivity contribution in [2.24, 2.45) is 0 Å². The van der Waals surface area contributed by atoms with Crippen LogP contribution in [0.4, 0.5) is 5.69 Å². The summed E-state index contributed by atoms with van der Waals surface area (Å²) in [7, 11) is 0. The van der Waals surface area contributed by atoms with E-state index in [2.05, 4.69) is 9.78 Å². The van der Waals surface area contributed by atoms with E-state index in [0.717, 1.165) is 11.4 Å². The third-order valence-electron chi connectivity index (χ3n) is 2.33. The molecule has 1 aromatic rings. The quantitative estimate of drug-likeness (QED) is 0.716. The Bertz CT molecular complexity index is 276. The van der Waals surface area contributed by atoms with Gasteiger partial charge in [0.2, 0.25) is 0 Å². The number of nitrogen functional groups attached to an aromatic ring is 1. The average molecular weight is 183 g/mol. The molecule has 4 heteroatoms. The molecule has 2 N–H and O–H groups in total. The van der Waals surface area contributed by atoms with Gasteiger partial charge < -0.3 is 5.73 Å². The van der Waals surface area contributed by atoms with E-state index in [9.17, 15) is 0 Å². The average Bonchev–Trinajstić information content (AvgIpc) is 2.64. The number of rotatable bonds is 1. The van der Waals surface area contributed by atoms with Crippen LogP contribution in [0.5, 0.6) is 0 Å². The van der Waals surface area contributed by atoms with Gasteiger partial charge in [-0.15, -0.1) is 0 Å². The topological polar surface area (TPSA) is 43.8 Å². The molecule has 0 saturated carbocycles. The van der Waals surface area contributed by atoms with Crippen molar-refractivity contribution in [3.8, 4) is 0 Å². The Balaban J connectivity index is 2.26. The molecule has 1 aliphatic heterocycles. The van der Waals surface area contributed by atoms with Crippen molar-refractivity contribution in [1.82, 2.24) is 9.78 Å². The lowest BCUT2D eigenvalue weighted by molar-refractivity contribution is 0.490. The Morgan fingerprint density at radius 3 is 3.08 bits per heavy atom. The van der Waals surface area contributed by atoms with Gasteiger partial charge in [-0.25, -0.2) is 0 Å². The van der Waals surface area contributed by atoms with Gasteiger partial charge in [-0.1, -0.05) is 0 Å². The summed E-state index contributed by atoms with van der Waals surface area (Å²) in [5, 5.41) is 4.28. The van der Waals surface area contributed by atoms with Crippen LogP contribution in [0.2, 0.25) is 0 Å². The lowest BCUT2D eigenvalue weighted by Gasteiger charge is -2.10. The van der Waals surface area contributed by atoms with Crippen LogP contribution in [-0.4, -0.2) is 21.3 Å². The minimum absolute atomic E-state index is 0.576. The number of hydrogen-bond acceptors (Lipinski definition) is 3. The number of nitrogens with zero attached hydrogens (tertiary/aromatic N) is 2. The van der Waals surface area contributed by atoms with Crippen molar-refractivity contribution in [2.45, 2.75) is 19.4 Å². The molecule has 0 aromatic carbocycles. The van der Waals surface area contributed by atoms with Gasteiger partial charge in [0.1, 0.15) is 0 Å². The minimum atomic E-state index is 0.576. The van der Waals surface area contributed by atoms with E-state index in [1.807, 2.05) is 18.7 Å². The Hall–Kier alpha value is -0.640. The van der Waals surface area contributed by atoms with Gasteiger partial charge >= 0.3 is 0 Å². The first kappa shape index (κ1) is 7.98. The SMILES string of the molecule is Cc1c(N)cnn1C1CCSC1. The minimum Gasteiger partial charge on any atom is -0.396 e. The Morgan fingerprint density at radius 1 is 1.75 bits per heavy atom. The van der Waals surface area contributed by atoms with Crippen LogP contribution in [-0.2, 0) is 0 Å². The Labute approximate surface area is 76.3 Å². The maximum atomic E-state index is 5.72. The van der Waals surface area contributed by atoms with E-state index in [4.69, 9.17) is 5.73 Å². The van der Waals surface area contributed by atoms with Crippen molar-refractivity contribution in [3.05, 3.63) is 11.9 Å². The summed E-state index contributed by atoms with van der Waals surface area (Å²) in [5.74, 6) is 2.44. The summed E-state index contributed by atoms with van der Waals surface area (Å²) in [6, 6.07) is 0.576. The fourth-order valence-corrected chi connectivity index (χ4v) is 2.71. The molecule has 1 aliphatic rings. The maximum absolute atomic E-state index is 5.72. The monoisotopic (exact) mass is 183 g/mol. The van der Waals surface area contributed by atoms with Gasteiger partial charge in [-0.2, -0.15) is 16.9 Å². The summed E-state index contributed by atoms with van der Waals surface area (Å²) in [6.07, 6.45) is 2.98. The second-order valence-corrected chi connectivity index (χ2v) is 4.30. The third-order valence-corrected chi connectivity index (χ3v) is 3.48. The second kappa shape index (κ2) is 3.01. The molecule has 1 unspecified atom stereocenters. The molecular weight excluding hydrogens is 170 g/mol. The van der Waals surface area contributed by atoms with Crippen LogP contribution >= 0.6 is 11.8 Å². The Morgan fingerprint density at radius 2 is 2.58 bits per heavy atom. The largest absolute Gasteiger partial charge is 0.396 e. The maximum Gasteiger partial charge on any atom is 0.0730 e. The molecule has 0 aliphatic carbocycles. The number of thioether (sulfide) groups is 1. The molecular formula is C8H13N3S. The van der Waals surface area contributed by atoms with Crippen LogP contribution in [0, 0.1) is 6.92 Å². The summed E-state index contributed by atoms with van der Waals surface area (Å²) >= 11 is 1.99. The van der Waals surface area contributed by atoms with Gasteiger partial charge in [0.05, 0.1) is 23.6 Å². The van der Waals surface area contributed by atoms with Crippen molar-refractivity contribution in [3.63, 3.8) is 0 Å². The molecule has 1 atom stereocenters. The number of anilines is 1. The van der Waals surface area contributed by atoms with Crippen LogP contribution < -0.4 is 5.73 Å². The first-order chi connectivity index (χ1) is 5.79. The van der Waals surface area contributed by atoms with Gasteiger partial charge in [-0.05, 0) is 19.1 Å². The lowest BCUT2D eigenvalue weighted by Crippen LogP contribution is -2.11. The second-order valence-electron chi connectivity index (χ2n) is 3.15. The van der Waals surface area contributed by atoms with E-state index >= 15 is 0 Å². The third kappa shape index (κ3) is 1.20. The Kier molecular flexibility index (Phi) is 2.00. The molecule has 1 saturated heterocycles. The van der Waals surface area contributed by atoms with Crippen LogP contribution in [0.25, 0.3) is 0 Å². The predicted molar refractivity (Wildman–Crippen MR) is 52.4 cm³/mol. The first-order valence-corrected chi connectivity index (χ1v) is 5.32. The molecule has 12 heavy (non-hydrogen) atoms. The van der Waals surface area contributed by atoms with Crippen molar-refractivity contribution >= 4 is 17.4 Å². The highest BCUT2D eigenvalue weighted by molar-refractivity contribution is 7.99. The van der Waals surface area contributed by atoms with Crippen molar-refractivity contribution in [1.29, 1.82) is 0 Å². The zero-order valence-electron chi connectivity index (χ0n) is 7.16. The molecule has 0 amide bonds. The van der Waals surface area contributed by atoms with Gasteiger partial charge in [0.15, 0.2) is 0 Å². The highest BCUT2D eigenvalue weighted by Crippen LogP contribution is 2.29. The summed E-state index contributed by atoms with van der Waals surface area (Å²) in [5.41, 5.74) is 7.64. The molecule has 3 nitrogen and oxygen atoms in total. The normalized spacial score (nSPS) is 23.2. The molecule has 1 fully saturated rings. The number of nitrogens with two attached hydrogens (primary N) is 1. The standard InChI is InChI=1S/C8H13N3S/c1-6-8(9)4-10-11(6)7-2-3-12-5-7/h4,7H,2-3,5,9H2,1H3. The van der Waals surface area contributed by atoms with E-state index < -0.39 is 0 Å². The predicted octanol–water partition coefficient (Wildman–Crippen LogP) is 1.45. The van der Waals surface area contributed by atoms with Gasteiger partial charge in [0, 0.05) is 5.75 Å². The highest BCUT2D eigenvalue weighted by atomic mass is 32.2. The molecule has 0 radical (unpaired) electrons. The molecule has 2 rings (SSSR count). The van der Waals surface area contributed by atoms with E-state index in [-0.39, 0.29) is 0 Å². The lowest BCUT2D eigenvalue weighted by atomic mass is 10.2. The fourth-order valence-electron chi connectivity index (χ4n) is 1.52. The molecule has 2 heterocycles. The van der Waals surface area contributed by atoms with E-state index in [1.54, 1.807) is 6.20 Å². The molecule has 0 spiro atoms. The summed E-state index contributed by atoms with van der Waals surface area (Å²) in [4.78, 5) is 0. The molecule has 1 aromatic heterocycles. The van der Waals surface area contributed by atoms with Crippen molar-refractivity contribution in [2.75, 3.05) is 17.2 Å². The van der Waals surface area contributed by atoms with Gasteiger partial charge in [0.25, 0.3) is 0 Å². The van der Waals surface area contributed by atoms with Crippen LogP contribution in [0.3, 0.4) is 0 Å².